The fraction of sp³-hybridized carbons (Fsp3) is 0.241. The lowest BCUT2D eigenvalue weighted by Crippen LogP contribution is -2.49. The maximum absolute atomic E-state index is 12.8. The summed E-state index contributed by atoms with van der Waals surface area (Å²) < 4.78 is 5.28. The van der Waals surface area contributed by atoms with Crippen LogP contribution in [0.15, 0.2) is 72.8 Å². The molecule has 2 aliphatic rings. The number of hydrogen-bond donors (Lipinski definition) is 0. The van der Waals surface area contributed by atoms with E-state index >= 15 is 0 Å². The summed E-state index contributed by atoms with van der Waals surface area (Å²) in [5, 5.41) is 0. The molecule has 3 aromatic rings. The fourth-order valence-electron chi connectivity index (χ4n) is 4.72. The van der Waals surface area contributed by atoms with E-state index in [4.69, 9.17) is 4.74 Å². The Morgan fingerprint density at radius 3 is 2.16 bits per heavy atom. The van der Waals surface area contributed by atoms with Crippen molar-refractivity contribution in [2.24, 2.45) is 0 Å². The molecule has 8 heteroatoms. The maximum Gasteiger partial charge on any atom is 0.338 e. The van der Waals surface area contributed by atoms with Crippen LogP contribution in [-0.4, -0.2) is 66.3 Å². The van der Waals surface area contributed by atoms with Gasteiger partial charge in [-0.2, -0.15) is 0 Å². The first kappa shape index (κ1) is 24.4. The third-order valence-corrected chi connectivity index (χ3v) is 6.67. The predicted octanol–water partition coefficient (Wildman–Crippen LogP) is 3.30. The summed E-state index contributed by atoms with van der Waals surface area (Å²) in [5.74, 6) is -1.82. The highest BCUT2D eigenvalue weighted by molar-refractivity contribution is 6.34. The molecule has 0 aliphatic carbocycles. The second kappa shape index (κ2) is 10.4. The molecule has 0 atom stereocenters. The summed E-state index contributed by atoms with van der Waals surface area (Å²) in [6.45, 7) is 5.17. The molecule has 3 amide bonds. The van der Waals surface area contributed by atoms with E-state index in [9.17, 15) is 19.2 Å². The molecule has 0 bridgehead atoms. The SMILES string of the molecule is Cc1cccc(CN2CCN(C(=O)COC(=O)c3cccc(N4C(=O)c5ccccc5C4=O)c3)CC2)c1. The van der Waals surface area contributed by atoms with Gasteiger partial charge in [0.1, 0.15) is 0 Å². The van der Waals surface area contributed by atoms with Crippen LogP contribution >= 0.6 is 0 Å². The summed E-state index contributed by atoms with van der Waals surface area (Å²) >= 11 is 0. The minimum Gasteiger partial charge on any atom is -0.452 e. The van der Waals surface area contributed by atoms with Crippen LogP contribution in [0.5, 0.6) is 0 Å². The smallest absolute Gasteiger partial charge is 0.338 e. The zero-order valence-electron chi connectivity index (χ0n) is 20.6. The van der Waals surface area contributed by atoms with Crippen LogP contribution < -0.4 is 4.90 Å². The third-order valence-electron chi connectivity index (χ3n) is 6.67. The van der Waals surface area contributed by atoms with Crippen molar-refractivity contribution in [1.82, 2.24) is 9.80 Å². The third kappa shape index (κ3) is 5.15. The van der Waals surface area contributed by atoms with Gasteiger partial charge < -0.3 is 9.64 Å². The Kier molecular flexibility index (Phi) is 6.83. The average molecular weight is 498 g/mol. The summed E-state index contributed by atoms with van der Waals surface area (Å²) in [6.07, 6.45) is 0. The molecule has 3 aromatic carbocycles. The van der Waals surface area contributed by atoms with Crippen molar-refractivity contribution in [3.8, 4) is 0 Å². The summed E-state index contributed by atoms with van der Waals surface area (Å²) in [4.78, 5) is 55.9. The fourth-order valence-corrected chi connectivity index (χ4v) is 4.72. The standard InChI is InChI=1S/C29H27N3O5/c1-20-6-4-7-21(16-20)18-30-12-14-31(15-13-30)26(33)19-37-29(36)22-8-5-9-23(17-22)32-27(34)24-10-2-3-11-25(24)28(32)35/h2-11,16-17H,12-15,18-19H2,1H3. The van der Waals surface area contributed by atoms with E-state index in [0.717, 1.165) is 24.5 Å². The van der Waals surface area contributed by atoms with Gasteiger partial charge in [0.25, 0.3) is 17.7 Å². The van der Waals surface area contributed by atoms with E-state index in [1.165, 1.54) is 23.3 Å². The zero-order chi connectivity index (χ0) is 25.9. The van der Waals surface area contributed by atoms with Crippen LogP contribution in [0.4, 0.5) is 5.69 Å². The van der Waals surface area contributed by atoms with Gasteiger partial charge >= 0.3 is 5.97 Å². The Morgan fingerprint density at radius 2 is 1.49 bits per heavy atom. The molecule has 0 radical (unpaired) electrons. The number of fused-ring (bicyclic) bond motifs is 1. The Labute approximate surface area is 215 Å². The lowest BCUT2D eigenvalue weighted by Gasteiger charge is -2.34. The molecule has 1 fully saturated rings. The largest absolute Gasteiger partial charge is 0.452 e. The molecule has 37 heavy (non-hydrogen) atoms. The molecule has 5 rings (SSSR count). The van der Waals surface area contributed by atoms with E-state index in [1.807, 2.05) is 6.07 Å². The van der Waals surface area contributed by atoms with Crippen molar-refractivity contribution >= 4 is 29.4 Å². The van der Waals surface area contributed by atoms with Gasteiger partial charge in [-0.25, -0.2) is 9.69 Å². The van der Waals surface area contributed by atoms with E-state index in [0.29, 0.717) is 24.2 Å². The number of rotatable bonds is 6. The van der Waals surface area contributed by atoms with Crippen LogP contribution in [0.2, 0.25) is 0 Å². The number of carbonyl (C=O) groups is 4. The van der Waals surface area contributed by atoms with Crippen LogP contribution in [0.1, 0.15) is 42.2 Å². The number of ether oxygens (including phenoxy) is 1. The average Bonchev–Trinajstić information content (AvgIpc) is 3.17. The van der Waals surface area contributed by atoms with Gasteiger partial charge in [0.05, 0.1) is 22.4 Å². The number of esters is 1. The van der Waals surface area contributed by atoms with E-state index in [1.54, 1.807) is 41.3 Å². The molecule has 8 nitrogen and oxygen atoms in total. The zero-order valence-corrected chi connectivity index (χ0v) is 20.6. The van der Waals surface area contributed by atoms with Gasteiger partial charge in [0.2, 0.25) is 0 Å². The molecule has 0 spiro atoms. The summed E-state index contributed by atoms with van der Waals surface area (Å²) in [5.41, 5.74) is 3.55. The number of aryl methyl sites for hydroxylation is 1. The molecular weight excluding hydrogens is 470 g/mol. The number of nitrogens with zero attached hydrogens (tertiary/aromatic N) is 3. The minimum absolute atomic E-state index is 0.157. The Morgan fingerprint density at radius 1 is 0.811 bits per heavy atom. The lowest BCUT2D eigenvalue weighted by atomic mass is 10.1. The van der Waals surface area contributed by atoms with E-state index < -0.39 is 17.8 Å². The first-order chi connectivity index (χ1) is 17.9. The monoisotopic (exact) mass is 497 g/mol. The van der Waals surface area contributed by atoms with Crippen LogP contribution in [0, 0.1) is 6.92 Å². The van der Waals surface area contributed by atoms with Crippen molar-refractivity contribution in [2.75, 3.05) is 37.7 Å². The van der Waals surface area contributed by atoms with Crippen molar-refractivity contribution in [3.63, 3.8) is 0 Å². The number of anilines is 1. The number of benzene rings is 3. The Bertz CT molecular complexity index is 1340. The molecule has 0 saturated carbocycles. The highest BCUT2D eigenvalue weighted by atomic mass is 16.5. The number of carbonyl (C=O) groups excluding carboxylic acids is 4. The lowest BCUT2D eigenvalue weighted by molar-refractivity contribution is -0.136. The minimum atomic E-state index is -0.690. The summed E-state index contributed by atoms with van der Waals surface area (Å²) in [6, 6.07) is 21.1. The molecule has 2 aliphatic heterocycles. The second-order valence-electron chi connectivity index (χ2n) is 9.26. The molecule has 1 saturated heterocycles. The molecule has 2 heterocycles. The van der Waals surface area contributed by atoms with Gasteiger partial charge in [-0.1, -0.05) is 48.0 Å². The summed E-state index contributed by atoms with van der Waals surface area (Å²) in [7, 11) is 0. The normalized spacial score (nSPS) is 15.6. The van der Waals surface area contributed by atoms with Crippen molar-refractivity contribution in [1.29, 1.82) is 0 Å². The number of piperazine rings is 1. The number of imide groups is 1. The molecule has 0 N–H and O–H groups in total. The molecule has 0 unspecified atom stereocenters. The van der Waals surface area contributed by atoms with Crippen LogP contribution in [0.25, 0.3) is 0 Å². The first-order valence-corrected chi connectivity index (χ1v) is 12.2. The van der Waals surface area contributed by atoms with Gasteiger partial charge in [-0.3, -0.25) is 19.3 Å². The first-order valence-electron chi connectivity index (χ1n) is 12.2. The molecule has 188 valence electrons. The highest BCUT2D eigenvalue weighted by Gasteiger charge is 2.36. The Hall–Kier alpha value is -4.30. The van der Waals surface area contributed by atoms with Crippen molar-refractivity contribution in [2.45, 2.75) is 13.5 Å². The van der Waals surface area contributed by atoms with E-state index in [2.05, 4.69) is 30.0 Å². The van der Waals surface area contributed by atoms with Gasteiger partial charge in [-0.05, 0) is 42.8 Å². The van der Waals surface area contributed by atoms with Gasteiger partial charge in [-0.15, -0.1) is 0 Å². The highest BCUT2D eigenvalue weighted by Crippen LogP contribution is 2.28. The van der Waals surface area contributed by atoms with Crippen LogP contribution in [0.3, 0.4) is 0 Å². The molecular formula is C29H27N3O5. The quantitative estimate of drug-likeness (QED) is 0.384. The second-order valence-corrected chi connectivity index (χ2v) is 9.26. The topological polar surface area (TPSA) is 87.2 Å². The van der Waals surface area contributed by atoms with Crippen LogP contribution in [-0.2, 0) is 16.1 Å². The van der Waals surface area contributed by atoms with Gasteiger partial charge in [0, 0.05) is 32.7 Å². The van der Waals surface area contributed by atoms with Crippen molar-refractivity contribution in [3.05, 3.63) is 101 Å². The Balaban J connectivity index is 1.15. The predicted molar refractivity (Wildman–Crippen MR) is 137 cm³/mol. The number of amides is 3. The van der Waals surface area contributed by atoms with Crippen molar-refractivity contribution < 1.29 is 23.9 Å². The number of hydrogen-bond acceptors (Lipinski definition) is 6. The molecule has 0 aromatic heterocycles. The van der Waals surface area contributed by atoms with E-state index in [-0.39, 0.29) is 23.8 Å². The maximum atomic E-state index is 12.8. The van der Waals surface area contributed by atoms with Gasteiger partial charge in [0.15, 0.2) is 6.61 Å².